The van der Waals surface area contributed by atoms with Gasteiger partial charge in [-0.2, -0.15) is 13.2 Å². The normalized spacial score (nSPS) is 11.9. The molecule has 0 radical (unpaired) electrons. The third-order valence-electron chi connectivity index (χ3n) is 2.47. The van der Waals surface area contributed by atoms with Gasteiger partial charge in [-0.1, -0.05) is 13.8 Å². The Hall–Kier alpha value is -1.30. The summed E-state index contributed by atoms with van der Waals surface area (Å²) in [4.78, 5) is 5.64. The summed E-state index contributed by atoms with van der Waals surface area (Å²) in [6.07, 6.45) is -3.47. The molecule has 0 bridgehead atoms. The van der Waals surface area contributed by atoms with E-state index in [-0.39, 0.29) is 0 Å². The van der Waals surface area contributed by atoms with Crippen molar-refractivity contribution in [3.8, 4) is 0 Å². The standard InChI is InChI=1S/C12H18F3N3/c1-9(2)16-6-7-18(3)11-5-4-10(8-17-11)12(13,14)15/h4-5,8-9,16H,6-7H2,1-3H3. The van der Waals surface area contributed by atoms with Gasteiger partial charge in [0.15, 0.2) is 0 Å². The molecule has 102 valence electrons. The summed E-state index contributed by atoms with van der Waals surface area (Å²) in [7, 11) is 1.80. The molecular weight excluding hydrogens is 243 g/mol. The molecule has 0 saturated heterocycles. The predicted octanol–water partition coefficient (Wildman–Crippen LogP) is 2.53. The number of alkyl halides is 3. The summed E-state index contributed by atoms with van der Waals surface area (Å²) in [6.45, 7) is 5.53. The first-order valence-electron chi connectivity index (χ1n) is 5.78. The molecule has 0 atom stereocenters. The van der Waals surface area contributed by atoms with Gasteiger partial charge in [-0.05, 0) is 12.1 Å². The average molecular weight is 261 g/mol. The van der Waals surface area contributed by atoms with E-state index < -0.39 is 11.7 Å². The van der Waals surface area contributed by atoms with Crippen molar-refractivity contribution in [1.82, 2.24) is 10.3 Å². The molecule has 0 amide bonds. The summed E-state index contributed by atoms with van der Waals surface area (Å²) in [5.41, 5.74) is -0.722. The molecule has 0 unspecified atom stereocenters. The Labute approximate surface area is 105 Å². The van der Waals surface area contributed by atoms with E-state index in [1.54, 1.807) is 7.05 Å². The van der Waals surface area contributed by atoms with E-state index in [2.05, 4.69) is 10.3 Å². The molecule has 6 heteroatoms. The number of pyridine rings is 1. The maximum atomic E-state index is 12.3. The second kappa shape index (κ2) is 6.04. The molecule has 1 N–H and O–H groups in total. The second-order valence-electron chi connectivity index (χ2n) is 4.43. The molecule has 1 heterocycles. The number of aromatic nitrogens is 1. The lowest BCUT2D eigenvalue weighted by molar-refractivity contribution is -0.137. The largest absolute Gasteiger partial charge is 0.417 e. The lowest BCUT2D eigenvalue weighted by atomic mass is 10.2. The van der Waals surface area contributed by atoms with Gasteiger partial charge in [-0.15, -0.1) is 0 Å². The van der Waals surface area contributed by atoms with Gasteiger partial charge in [-0.3, -0.25) is 0 Å². The Morgan fingerprint density at radius 1 is 1.33 bits per heavy atom. The van der Waals surface area contributed by atoms with Crippen molar-refractivity contribution in [2.24, 2.45) is 0 Å². The lowest BCUT2D eigenvalue weighted by Crippen LogP contribution is -2.33. The monoisotopic (exact) mass is 261 g/mol. The summed E-state index contributed by atoms with van der Waals surface area (Å²) in [6, 6.07) is 2.83. The van der Waals surface area contributed by atoms with Gasteiger partial charge in [0.25, 0.3) is 0 Å². The van der Waals surface area contributed by atoms with Crippen molar-refractivity contribution in [2.45, 2.75) is 26.1 Å². The molecule has 0 aromatic carbocycles. The molecule has 3 nitrogen and oxygen atoms in total. The molecule has 0 saturated carbocycles. The van der Waals surface area contributed by atoms with Gasteiger partial charge in [0, 0.05) is 32.4 Å². The maximum Gasteiger partial charge on any atom is 0.417 e. The highest BCUT2D eigenvalue weighted by atomic mass is 19.4. The Bertz CT molecular complexity index is 360. The molecule has 1 aromatic rings. The maximum absolute atomic E-state index is 12.3. The Balaban J connectivity index is 2.56. The van der Waals surface area contributed by atoms with Crippen LogP contribution in [-0.4, -0.2) is 31.2 Å². The van der Waals surface area contributed by atoms with Crippen LogP contribution >= 0.6 is 0 Å². The third-order valence-corrected chi connectivity index (χ3v) is 2.47. The van der Waals surface area contributed by atoms with E-state index in [9.17, 15) is 13.2 Å². The second-order valence-corrected chi connectivity index (χ2v) is 4.43. The highest BCUT2D eigenvalue weighted by Crippen LogP contribution is 2.29. The molecule has 1 rings (SSSR count). The zero-order valence-electron chi connectivity index (χ0n) is 10.8. The number of likely N-dealkylation sites (N-methyl/N-ethyl adjacent to an activating group) is 1. The summed E-state index contributed by atoms with van der Waals surface area (Å²) >= 11 is 0. The van der Waals surface area contributed by atoms with Gasteiger partial charge in [0.1, 0.15) is 5.82 Å². The summed E-state index contributed by atoms with van der Waals surface area (Å²) in [5.74, 6) is 0.536. The number of hydrogen-bond donors (Lipinski definition) is 1. The van der Waals surface area contributed by atoms with Gasteiger partial charge in [0.05, 0.1) is 5.56 Å². The topological polar surface area (TPSA) is 28.2 Å². The van der Waals surface area contributed by atoms with Crippen LogP contribution in [0.2, 0.25) is 0 Å². The predicted molar refractivity (Wildman–Crippen MR) is 65.6 cm³/mol. The number of halogens is 3. The van der Waals surface area contributed by atoms with E-state index in [0.717, 1.165) is 18.8 Å². The van der Waals surface area contributed by atoms with E-state index in [0.29, 0.717) is 18.4 Å². The number of rotatable bonds is 5. The number of hydrogen-bond acceptors (Lipinski definition) is 3. The van der Waals surface area contributed by atoms with Crippen LogP contribution in [0.15, 0.2) is 18.3 Å². The minimum absolute atomic E-state index is 0.388. The van der Waals surface area contributed by atoms with Crippen molar-refractivity contribution < 1.29 is 13.2 Å². The number of anilines is 1. The minimum atomic E-state index is -4.33. The average Bonchev–Trinajstić information content (AvgIpc) is 2.27. The molecule has 1 aromatic heterocycles. The third kappa shape index (κ3) is 4.52. The van der Waals surface area contributed by atoms with Crippen molar-refractivity contribution >= 4 is 5.82 Å². The fourth-order valence-corrected chi connectivity index (χ4v) is 1.42. The van der Waals surface area contributed by atoms with Crippen molar-refractivity contribution in [3.05, 3.63) is 23.9 Å². The SMILES string of the molecule is CC(C)NCCN(C)c1ccc(C(F)(F)F)cn1. The molecule has 0 fully saturated rings. The molecule has 0 aliphatic rings. The van der Waals surface area contributed by atoms with Crippen LogP contribution in [0.5, 0.6) is 0 Å². The first kappa shape index (κ1) is 14.8. The van der Waals surface area contributed by atoms with E-state index in [4.69, 9.17) is 0 Å². The van der Waals surface area contributed by atoms with E-state index in [1.165, 1.54) is 6.07 Å². The van der Waals surface area contributed by atoms with Crippen molar-refractivity contribution in [2.75, 3.05) is 25.0 Å². The minimum Gasteiger partial charge on any atom is -0.358 e. The number of nitrogens with one attached hydrogen (secondary N) is 1. The fourth-order valence-electron chi connectivity index (χ4n) is 1.42. The molecule has 0 spiro atoms. The summed E-state index contributed by atoms with van der Waals surface area (Å²) < 4.78 is 37.0. The number of nitrogens with zero attached hydrogens (tertiary/aromatic N) is 2. The van der Waals surface area contributed by atoms with Gasteiger partial charge in [0.2, 0.25) is 0 Å². The first-order valence-corrected chi connectivity index (χ1v) is 5.78. The van der Waals surface area contributed by atoms with Crippen molar-refractivity contribution in [1.29, 1.82) is 0 Å². The van der Waals surface area contributed by atoms with Gasteiger partial charge < -0.3 is 10.2 Å². The van der Waals surface area contributed by atoms with Crippen LogP contribution in [0.3, 0.4) is 0 Å². The quantitative estimate of drug-likeness (QED) is 0.882. The molecule has 18 heavy (non-hydrogen) atoms. The Kier molecular flexibility index (Phi) is 4.95. The van der Waals surface area contributed by atoms with E-state index in [1.807, 2.05) is 18.7 Å². The molecule has 0 aliphatic carbocycles. The Morgan fingerprint density at radius 3 is 2.44 bits per heavy atom. The smallest absolute Gasteiger partial charge is 0.358 e. The van der Waals surface area contributed by atoms with Crippen LogP contribution in [0.4, 0.5) is 19.0 Å². The first-order chi connectivity index (χ1) is 8.30. The van der Waals surface area contributed by atoms with Crippen LogP contribution in [0.25, 0.3) is 0 Å². The Morgan fingerprint density at radius 2 is 2.00 bits per heavy atom. The van der Waals surface area contributed by atoms with Gasteiger partial charge in [-0.25, -0.2) is 4.98 Å². The lowest BCUT2D eigenvalue weighted by Gasteiger charge is -2.19. The summed E-state index contributed by atoms with van der Waals surface area (Å²) in [5, 5.41) is 3.23. The highest BCUT2D eigenvalue weighted by molar-refractivity contribution is 5.38. The fraction of sp³-hybridized carbons (Fsp3) is 0.583. The van der Waals surface area contributed by atoms with Crippen molar-refractivity contribution in [3.63, 3.8) is 0 Å². The zero-order valence-corrected chi connectivity index (χ0v) is 10.8. The van der Waals surface area contributed by atoms with Gasteiger partial charge >= 0.3 is 6.18 Å². The van der Waals surface area contributed by atoms with E-state index >= 15 is 0 Å². The highest BCUT2D eigenvalue weighted by Gasteiger charge is 2.30. The zero-order chi connectivity index (χ0) is 13.8. The van der Waals surface area contributed by atoms with Crippen LogP contribution in [0.1, 0.15) is 19.4 Å². The van der Waals surface area contributed by atoms with Crippen LogP contribution in [0, 0.1) is 0 Å². The molecular formula is C12H18F3N3. The van der Waals surface area contributed by atoms with Crippen LogP contribution in [-0.2, 0) is 6.18 Å². The molecule has 0 aliphatic heterocycles. The van der Waals surface area contributed by atoms with Crippen LogP contribution < -0.4 is 10.2 Å².